The van der Waals surface area contributed by atoms with Gasteiger partial charge in [-0.05, 0) is 13.0 Å². The Morgan fingerprint density at radius 1 is 1.50 bits per heavy atom. The van der Waals surface area contributed by atoms with Crippen LogP contribution in [0.4, 0.5) is 0 Å². The molecule has 6 heteroatoms. The fourth-order valence-electron chi connectivity index (χ4n) is 1.04. The number of nitrogens with zero attached hydrogens (tertiary/aromatic N) is 3. The molecule has 5 nitrogen and oxygen atoms in total. The summed E-state index contributed by atoms with van der Waals surface area (Å²) in [4.78, 5) is 0. The van der Waals surface area contributed by atoms with Crippen LogP contribution in [0.2, 0.25) is 0 Å². The van der Waals surface area contributed by atoms with Crippen molar-refractivity contribution in [2.75, 3.05) is 19.3 Å². The summed E-state index contributed by atoms with van der Waals surface area (Å²) in [5.41, 5.74) is 0. The first kappa shape index (κ1) is 11.2. The van der Waals surface area contributed by atoms with E-state index in [9.17, 15) is 8.42 Å². The fraction of sp³-hybridized carbons (Fsp3) is 0.625. The van der Waals surface area contributed by atoms with E-state index in [-0.39, 0.29) is 5.75 Å². The second kappa shape index (κ2) is 4.56. The van der Waals surface area contributed by atoms with Gasteiger partial charge in [0.15, 0.2) is 0 Å². The molecule has 0 saturated heterocycles. The summed E-state index contributed by atoms with van der Waals surface area (Å²) in [5, 5.41) is 3.99. The molecule has 0 saturated carbocycles. The van der Waals surface area contributed by atoms with Gasteiger partial charge >= 0.3 is 0 Å². The normalized spacial score (nSPS) is 12.2. The third kappa shape index (κ3) is 2.81. The van der Waals surface area contributed by atoms with Crippen LogP contribution in [0.25, 0.3) is 0 Å². The Bertz CT molecular complexity index is 358. The minimum absolute atomic E-state index is 0.141. The summed E-state index contributed by atoms with van der Waals surface area (Å²) >= 11 is 0. The van der Waals surface area contributed by atoms with Gasteiger partial charge in [-0.1, -0.05) is 0 Å². The van der Waals surface area contributed by atoms with E-state index in [1.165, 1.54) is 4.31 Å². The molecule has 0 aromatic carbocycles. The van der Waals surface area contributed by atoms with E-state index < -0.39 is 10.0 Å². The molecule has 0 N–H and O–H groups in total. The monoisotopic (exact) mass is 217 g/mol. The van der Waals surface area contributed by atoms with Crippen LogP contribution < -0.4 is 0 Å². The third-order valence-corrected chi connectivity index (χ3v) is 3.90. The van der Waals surface area contributed by atoms with Crippen LogP contribution in [0, 0.1) is 0 Å². The van der Waals surface area contributed by atoms with Crippen molar-refractivity contribution in [2.45, 2.75) is 13.5 Å². The second-order valence-electron chi connectivity index (χ2n) is 2.99. The SMILES string of the molecule is CCS(=O)(=O)N(C)CCn1cccn1. The molecule has 0 amide bonds. The Hall–Kier alpha value is -0.880. The van der Waals surface area contributed by atoms with Crippen LogP contribution >= 0.6 is 0 Å². The molecular weight excluding hydrogens is 202 g/mol. The van der Waals surface area contributed by atoms with Gasteiger partial charge in [-0.2, -0.15) is 5.10 Å². The first-order chi connectivity index (χ1) is 6.56. The minimum Gasteiger partial charge on any atom is -0.271 e. The maximum atomic E-state index is 11.4. The molecule has 0 bridgehead atoms. The molecule has 0 fully saturated rings. The highest BCUT2D eigenvalue weighted by Gasteiger charge is 2.14. The lowest BCUT2D eigenvalue weighted by Crippen LogP contribution is -2.31. The lowest BCUT2D eigenvalue weighted by Gasteiger charge is -2.15. The zero-order valence-electron chi connectivity index (χ0n) is 8.42. The highest BCUT2D eigenvalue weighted by molar-refractivity contribution is 7.89. The number of aromatic nitrogens is 2. The quantitative estimate of drug-likeness (QED) is 0.706. The van der Waals surface area contributed by atoms with Crippen molar-refractivity contribution in [3.05, 3.63) is 18.5 Å². The van der Waals surface area contributed by atoms with Crippen molar-refractivity contribution in [3.8, 4) is 0 Å². The molecule has 1 rings (SSSR count). The van der Waals surface area contributed by atoms with Gasteiger partial charge in [0.2, 0.25) is 10.0 Å². The van der Waals surface area contributed by atoms with E-state index in [0.29, 0.717) is 13.1 Å². The smallest absolute Gasteiger partial charge is 0.213 e. The van der Waals surface area contributed by atoms with Crippen molar-refractivity contribution >= 4 is 10.0 Å². The zero-order valence-corrected chi connectivity index (χ0v) is 9.24. The zero-order chi connectivity index (χ0) is 10.6. The predicted octanol–water partition coefficient (Wildman–Crippen LogP) is 0.165. The fourth-order valence-corrected chi connectivity index (χ4v) is 1.84. The first-order valence-electron chi connectivity index (χ1n) is 4.47. The van der Waals surface area contributed by atoms with Gasteiger partial charge in [-0.15, -0.1) is 0 Å². The van der Waals surface area contributed by atoms with Crippen LogP contribution in [-0.2, 0) is 16.6 Å². The molecule has 80 valence electrons. The molecule has 0 spiro atoms. The predicted molar refractivity (Wildman–Crippen MR) is 54.3 cm³/mol. The van der Waals surface area contributed by atoms with E-state index in [4.69, 9.17) is 0 Å². The van der Waals surface area contributed by atoms with Crippen molar-refractivity contribution < 1.29 is 8.42 Å². The summed E-state index contributed by atoms with van der Waals surface area (Å²) in [6.07, 6.45) is 3.49. The summed E-state index contributed by atoms with van der Waals surface area (Å²) in [6.45, 7) is 2.68. The number of hydrogen-bond donors (Lipinski definition) is 0. The van der Waals surface area contributed by atoms with Crippen molar-refractivity contribution in [1.29, 1.82) is 0 Å². The molecule has 1 heterocycles. The van der Waals surface area contributed by atoms with Crippen molar-refractivity contribution in [1.82, 2.24) is 14.1 Å². The average molecular weight is 217 g/mol. The Morgan fingerprint density at radius 2 is 2.21 bits per heavy atom. The van der Waals surface area contributed by atoms with Gasteiger partial charge in [-0.3, -0.25) is 4.68 Å². The van der Waals surface area contributed by atoms with Crippen LogP contribution in [0.5, 0.6) is 0 Å². The number of hydrogen-bond acceptors (Lipinski definition) is 3. The molecule has 14 heavy (non-hydrogen) atoms. The molecule has 0 unspecified atom stereocenters. The number of likely N-dealkylation sites (N-methyl/N-ethyl adjacent to an activating group) is 1. The molecule has 0 atom stereocenters. The molecule has 1 aromatic heterocycles. The maximum Gasteiger partial charge on any atom is 0.213 e. The van der Waals surface area contributed by atoms with Crippen LogP contribution in [0.15, 0.2) is 18.5 Å². The third-order valence-electron chi connectivity index (χ3n) is 2.04. The van der Waals surface area contributed by atoms with E-state index >= 15 is 0 Å². The van der Waals surface area contributed by atoms with Gasteiger partial charge < -0.3 is 0 Å². The summed E-state index contributed by atoms with van der Waals surface area (Å²) < 4.78 is 25.8. The Balaban J connectivity index is 2.47. The van der Waals surface area contributed by atoms with Crippen molar-refractivity contribution in [3.63, 3.8) is 0 Å². The van der Waals surface area contributed by atoms with Crippen molar-refractivity contribution in [2.24, 2.45) is 0 Å². The van der Waals surface area contributed by atoms with Gasteiger partial charge in [-0.25, -0.2) is 12.7 Å². The summed E-state index contributed by atoms with van der Waals surface area (Å²) in [7, 11) is -1.47. The van der Waals surface area contributed by atoms with Crippen LogP contribution in [0.1, 0.15) is 6.92 Å². The van der Waals surface area contributed by atoms with Gasteiger partial charge in [0.05, 0.1) is 12.3 Å². The standard InChI is InChI=1S/C8H15N3O2S/c1-3-14(12,13)10(2)7-8-11-6-4-5-9-11/h4-6H,3,7-8H2,1-2H3. The Labute approximate surface area is 84.4 Å². The molecule has 0 radical (unpaired) electrons. The lowest BCUT2D eigenvalue weighted by atomic mass is 10.6. The van der Waals surface area contributed by atoms with E-state index in [2.05, 4.69) is 5.10 Å². The Morgan fingerprint density at radius 3 is 2.71 bits per heavy atom. The van der Waals surface area contributed by atoms with E-state index in [1.807, 2.05) is 12.3 Å². The average Bonchev–Trinajstić information content (AvgIpc) is 2.66. The highest BCUT2D eigenvalue weighted by Crippen LogP contribution is 1.97. The largest absolute Gasteiger partial charge is 0.271 e. The van der Waals surface area contributed by atoms with E-state index in [0.717, 1.165) is 0 Å². The molecule has 0 aliphatic heterocycles. The van der Waals surface area contributed by atoms with Crippen LogP contribution in [0.3, 0.4) is 0 Å². The molecular formula is C8H15N3O2S. The van der Waals surface area contributed by atoms with Gasteiger partial charge in [0.25, 0.3) is 0 Å². The van der Waals surface area contributed by atoms with Gasteiger partial charge in [0, 0.05) is 26.0 Å². The molecule has 0 aliphatic carbocycles. The minimum atomic E-state index is -3.06. The lowest BCUT2D eigenvalue weighted by molar-refractivity contribution is 0.434. The van der Waals surface area contributed by atoms with Crippen LogP contribution in [-0.4, -0.2) is 41.8 Å². The summed E-state index contributed by atoms with van der Waals surface area (Å²) in [6, 6.07) is 1.81. The maximum absolute atomic E-state index is 11.4. The highest BCUT2D eigenvalue weighted by atomic mass is 32.2. The number of sulfonamides is 1. The van der Waals surface area contributed by atoms with E-state index in [1.54, 1.807) is 24.9 Å². The first-order valence-corrected chi connectivity index (χ1v) is 6.08. The van der Waals surface area contributed by atoms with Gasteiger partial charge in [0.1, 0.15) is 0 Å². The molecule has 1 aromatic rings. The number of rotatable bonds is 5. The Kier molecular flexibility index (Phi) is 3.65. The summed E-state index contributed by atoms with van der Waals surface area (Å²) in [5.74, 6) is 0.141. The molecule has 0 aliphatic rings. The topological polar surface area (TPSA) is 55.2 Å². The second-order valence-corrected chi connectivity index (χ2v) is 5.36.